The zero-order valence-corrected chi connectivity index (χ0v) is 12.6. The van der Waals surface area contributed by atoms with Gasteiger partial charge in [0.15, 0.2) is 0 Å². The van der Waals surface area contributed by atoms with E-state index in [-0.39, 0.29) is 12.1 Å². The molecule has 2 rings (SSSR count). The van der Waals surface area contributed by atoms with Crippen molar-refractivity contribution in [2.45, 2.75) is 12.1 Å². The van der Waals surface area contributed by atoms with Crippen molar-refractivity contribution in [3.63, 3.8) is 0 Å². The Morgan fingerprint density at radius 3 is 2.19 bits per heavy atom. The van der Waals surface area contributed by atoms with Crippen LogP contribution in [0.5, 0.6) is 11.5 Å². The van der Waals surface area contributed by atoms with Gasteiger partial charge in [0.05, 0.1) is 20.3 Å². The summed E-state index contributed by atoms with van der Waals surface area (Å²) < 4.78 is 16.2. The second kappa shape index (κ2) is 7.11. The molecule has 21 heavy (non-hydrogen) atoms. The average molecular weight is 287 g/mol. The molecule has 0 amide bonds. The van der Waals surface area contributed by atoms with Crippen molar-refractivity contribution in [2.24, 2.45) is 5.73 Å². The maximum Gasteiger partial charge on any atom is 0.127 e. The van der Waals surface area contributed by atoms with Crippen molar-refractivity contribution >= 4 is 0 Å². The third-order valence-electron chi connectivity index (χ3n) is 3.51. The summed E-state index contributed by atoms with van der Waals surface area (Å²) in [5.74, 6) is 1.43. The van der Waals surface area contributed by atoms with Crippen molar-refractivity contribution in [3.05, 3.63) is 59.7 Å². The average Bonchev–Trinajstić information content (AvgIpc) is 2.55. The monoisotopic (exact) mass is 287 g/mol. The van der Waals surface area contributed by atoms with Gasteiger partial charge in [0.2, 0.25) is 0 Å². The highest BCUT2D eigenvalue weighted by atomic mass is 16.5. The van der Waals surface area contributed by atoms with Gasteiger partial charge in [-0.2, -0.15) is 0 Å². The Kier molecular flexibility index (Phi) is 5.20. The van der Waals surface area contributed by atoms with Gasteiger partial charge in [-0.05, 0) is 17.7 Å². The first-order valence-electron chi connectivity index (χ1n) is 6.76. The molecule has 2 unspecified atom stereocenters. The first-order valence-corrected chi connectivity index (χ1v) is 6.76. The molecule has 112 valence electrons. The Hall–Kier alpha value is -2.04. The lowest BCUT2D eigenvalue weighted by Crippen LogP contribution is -2.22. The Bertz CT molecular complexity index is 572. The van der Waals surface area contributed by atoms with Crippen LogP contribution in [0.1, 0.15) is 23.3 Å². The van der Waals surface area contributed by atoms with Gasteiger partial charge in [-0.1, -0.05) is 30.3 Å². The van der Waals surface area contributed by atoms with Crippen LogP contribution in [0, 0.1) is 0 Å². The quantitative estimate of drug-likeness (QED) is 0.887. The normalized spacial score (nSPS) is 13.5. The van der Waals surface area contributed by atoms with E-state index in [1.165, 1.54) is 0 Å². The predicted octanol–water partition coefficient (Wildman–Crippen LogP) is 3.09. The summed E-state index contributed by atoms with van der Waals surface area (Å²) in [6, 6.07) is 15.2. The largest absolute Gasteiger partial charge is 0.497 e. The Labute approximate surface area is 125 Å². The van der Waals surface area contributed by atoms with Crippen LogP contribution in [0.4, 0.5) is 0 Å². The van der Waals surface area contributed by atoms with Gasteiger partial charge in [-0.25, -0.2) is 0 Å². The fraction of sp³-hybridized carbons (Fsp3) is 0.294. The molecule has 0 saturated carbocycles. The molecule has 0 fully saturated rings. The molecule has 2 N–H and O–H groups in total. The molecule has 0 aliphatic rings. The fourth-order valence-corrected chi connectivity index (χ4v) is 2.39. The molecule has 0 aliphatic heterocycles. The number of nitrogens with two attached hydrogens (primary N) is 1. The highest BCUT2D eigenvalue weighted by Gasteiger charge is 2.24. The van der Waals surface area contributed by atoms with E-state index in [0.717, 1.165) is 16.9 Å². The van der Waals surface area contributed by atoms with E-state index < -0.39 is 0 Å². The molecule has 2 aromatic rings. The van der Waals surface area contributed by atoms with Gasteiger partial charge in [0, 0.05) is 18.7 Å². The maximum absolute atomic E-state index is 6.40. The van der Waals surface area contributed by atoms with Gasteiger partial charge < -0.3 is 19.9 Å². The fourth-order valence-electron chi connectivity index (χ4n) is 2.39. The standard InChI is InChI=1S/C17H21NO3/c1-19-13-9-10-14(15(11-13)20-2)16(18)17(21-3)12-7-5-4-6-8-12/h4-11,16-17H,18H2,1-3H3. The van der Waals surface area contributed by atoms with Crippen LogP contribution in [0.25, 0.3) is 0 Å². The van der Waals surface area contributed by atoms with E-state index in [9.17, 15) is 0 Å². The van der Waals surface area contributed by atoms with Crippen molar-refractivity contribution in [1.29, 1.82) is 0 Å². The van der Waals surface area contributed by atoms with Crippen molar-refractivity contribution in [3.8, 4) is 11.5 Å². The molecule has 4 nitrogen and oxygen atoms in total. The summed E-state index contributed by atoms with van der Waals surface area (Å²) in [6.07, 6.45) is -0.242. The number of methoxy groups -OCH3 is 3. The predicted molar refractivity (Wildman–Crippen MR) is 82.7 cm³/mol. The second-order valence-corrected chi connectivity index (χ2v) is 4.70. The highest BCUT2D eigenvalue weighted by Crippen LogP contribution is 2.36. The second-order valence-electron chi connectivity index (χ2n) is 4.70. The summed E-state index contributed by atoms with van der Waals surface area (Å²) in [4.78, 5) is 0. The molecule has 2 aromatic carbocycles. The third-order valence-corrected chi connectivity index (χ3v) is 3.51. The van der Waals surface area contributed by atoms with Crippen molar-refractivity contribution < 1.29 is 14.2 Å². The summed E-state index contributed by atoms with van der Waals surface area (Å²) in [5, 5.41) is 0. The lowest BCUT2D eigenvalue weighted by Gasteiger charge is -2.25. The van der Waals surface area contributed by atoms with Crippen LogP contribution in [0.15, 0.2) is 48.5 Å². The lowest BCUT2D eigenvalue weighted by molar-refractivity contribution is 0.0794. The van der Waals surface area contributed by atoms with Crippen LogP contribution in [0.3, 0.4) is 0 Å². The van der Waals surface area contributed by atoms with Crippen LogP contribution in [0.2, 0.25) is 0 Å². The zero-order chi connectivity index (χ0) is 15.2. The van der Waals surface area contributed by atoms with Crippen LogP contribution in [-0.2, 0) is 4.74 Å². The number of rotatable bonds is 6. The minimum atomic E-state index is -0.335. The molecule has 4 heteroatoms. The molecule has 0 aliphatic carbocycles. The van der Waals surface area contributed by atoms with Crippen LogP contribution >= 0.6 is 0 Å². The Balaban J connectivity index is 2.35. The summed E-state index contributed by atoms with van der Waals surface area (Å²) in [7, 11) is 4.90. The van der Waals surface area contributed by atoms with E-state index >= 15 is 0 Å². The molecular formula is C17H21NO3. The van der Waals surface area contributed by atoms with E-state index in [4.69, 9.17) is 19.9 Å². The van der Waals surface area contributed by atoms with E-state index in [2.05, 4.69) is 0 Å². The van der Waals surface area contributed by atoms with Gasteiger partial charge >= 0.3 is 0 Å². The molecule has 0 aromatic heterocycles. The SMILES string of the molecule is COc1ccc(C(N)C(OC)c2ccccc2)c(OC)c1. The van der Waals surface area contributed by atoms with E-state index in [0.29, 0.717) is 5.75 Å². The maximum atomic E-state index is 6.40. The molecule has 0 bridgehead atoms. The Morgan fingerprint density at radius 1 is 0.905 bits per heavy atom. The van der Waals surface area contributed by atoms with Gasteiger partial charge in [0.1, 0.15) is 17.6 Å². The summed E-state index contributed by atoms with van der Waals surface area (Å²) >= 11 is 0. The number of hydrogen-bond donors (Lipinski definition) is 1. The highest BCUT2D eigenvalue weighted by molar-refractivity contribution is 5.43. The van der Waals surface area contributed by atoms with E-state index in [1.54, 1.807) is 21.3 Å². The first kappa shape index (κ1) is 15.4. The van der Waals surface area contributed by atoms with Gasteiger partial charge in [-0.3, -0.25) is 0 Å². The van der Waals surface area contributed by atoms with E-state index in [1.807, 2.05) is 48.5 Å². The topological polar surface area (TPSA) is 53.7 Å². The first-order chi connectivity index (χ1) is 10.2. The van der Waals surface area contributed by atoms with Crippen molar-refractivity contribution in [1.82, 2.24) is 0 Å². The summed E-state index contributed by atoms with van der Waals surface area (Å²) in [6.45, 7) is 0. The number of hydrogen-bond acceptors (Lipinski definition) is 4. The number of ether oxygens (including phenoxy) is 3. The van der Waals surface area contributed by atoms with Gasteiger partial charge in [0.25, 0.3) is 0 Å². The van der Waals surface area contributed by atoms with Gasteiger partial charge in [-0.15, -0.1) is 0 Å². The molecule has 2 atom stereocenters. The zero-order valence-electron chi connectivity index (χ0n) is 12.6. The molecule has 0 radical (unpaired) electrons. The molecule has 0 heterocycles. The van der Waals surface area contributed by atoms with Crippen molar-refractivity contribution in [2.75, 3.05) is 21.3 Å². The molecule has 0 spiro atoms. The smallest absolute Gasteiger partial charge is 0.127 e. The lowest BCUT2D eigenvalue weighted by atomic mass is 9.95. The van der Waals surface area contributed by atoms with Crippen LogP contribution < -0.4 is 15.2 Å². The summed E-state index contributed by atoms with van der Waals surface area (Å²) in [5.41, 5.74) is 8.32. The third kappa shape index (κ3) is 3.35. The Morgan fingerprint density at radius 2 is 1.62 bits per heavy atom. The minimum Gasteiger partial charge on any atom is -0.497 e. The van der Waals surface area contributed by atoms with Crippen LogP contribution in [-0.4, -0.2) is 21.3 Å². The number of benzene rings is 2. The minimum absolute atomic E-state index is 0.242. The molecule has 0 saturated heterocycles. The molecular weight excluding hydrogens is 266 g/mol.